The lowest BCUT2D eigenvalue weighted by atomic mass is 10.1. The minimum Gasteiger partial charge on any atom is -0.497 e. The Hall–Kier alpha value is -3.16. The van der Waals surface area contributed by atoms with E-state index in [9.17, 15) is 4.79 Å². The number of aromatic nitrogens is 2. The zero-order valence-corrected chi connectivity index (χ0v) is 18.9. The van der Waals surface area contributed by atoms with Crippen molar-refractivity contribution in [2.75, 3.05) is 39.8 Å². The van der Waals surface area contributed by atoms with Crippen LogP contribution in [-0.4, -0.2) is 64.9 Å². The molecule has 0 bridgehead atoms. The number of hydrogen-bond acceptors (Lipinski definition) is 5. The maximum atomic E-state index is 13.3. The van der Waals surface area contributed by atoms with Gasteiger partial charge in [-0.15, -0.1) is 11.3 Å². The maximum Gasteiger partial charge on any atom is 0.271 e. The Balaban J connectivity index is 1.25. The molecule has 0 unspecified atom stereocenters. The van der Waals surface area contributed by atoms with E-state index in [-0.39, 0.29) is 5.91 Å². The van der Waals surface area contributed by atoms with Crippen molar-refractivity contribution in [3.8, 4) is 17.0 Å². The summed E-state index contributed by atoms with van der Waals surface area (Å²) in [7, 11) is 1.66. The Morgan fingerprint density at radius 3 is 2.66 bits per heavy atom. The van der Waals surface area contributed by atoms with E-state index in [1.54, 1.807) is 7.11 Å². The molecule has 164 valence electrons. The molecule has 3 heterocycles. The van der Waals surface area contributed by atoms with Crippen LogP contribution in [0.3, 0.4) is 0 Å². The number of nitrogens with zero attached hydrogens (tertiary/aromatic N) is 4. The Bertz CT molecular complexity index is 1210. The van der Waals surface area contributed by atoms with Crippen molar-refractivity contribution in [3.63, 3.8) is 0 Å². The molecule has 1 aliphatic heterocycles. The van der Waals surface area contributed by atoms with Gasteiger partial charge in [0.15, 0.2) is 4.96 Å². The molecule has 0 radical (unpaired) electrons. The molecule has 1 saturated heterocycles. The predicted molar refractivity (Wildman–Crippen MR) is 128 cm³/mol. The lowest BCUT2D eigenvalue weighted by molar-refractivity contribution is 0.0632. The minimum atomic E-state index is 0.0774. The second-order valence-electron chi connectivity index (χ2n) is 8.00. The van der Waals surface area contributed by atoms with Gasteiger partial charge < -0.3 is 9.64 Å². The highest BCUT2D eigenvalue weighted by atomic mass is 32.1. The summed E-state index contributed by atoms with van der Waals surface area (Å²) < 4.78 is 7.25. The quantitative estimate of drug-likeness (QED) is 0.448. The first-order valence-electron chi connectivity index (χ1n) is 10.9. The van der Waals surface area contributed by atoms with E-state index in [2.05, 4.69) is 35.2 Å². The molecule has 0 saturated carbocycles. The number of methoxy groups -OCH3 is 1. The third-order valence-corrected chi connectivity index (χ3v) is 6.85. The Morgan fingerprint density at radius 2 is 1.88 bits per heavy atom. The number of thiazole rings is 1. The number of rotatable bonds is 6. The zero-order chi connectivity index (χ0) is 21.9. The van der Waals surface area contributed by atoms with Gasteiger partial charge in [0.2, 0.25) is 0 Å². The highest BCUT2D eigenvalue weighted by Gasteiger charge is 2.25. The summed E-state index contributed by atoms with van der Waals surface area (Å²) in [5.74, 6) is 0.869. The van der Waals surface area contributed by atoms with Gasteiger partial charge in [0, 0.05) is 49.9 Å². The molecule has 1 fully saturated rings. The molecular weight excluding hydrogens is 420 g/mol. The van der Waals surface area contributed by atoms with Gasteiger partial charge in [-0.1, -0.05) is 42.5 Å². The number of imidazole rings is 1. The topological polar surface area (TPSA) is 50.1 Å². The second kappa shape index (κ2) is 9.14. The number of benzene rings is 2. The summed E-state index contributed by atoms with van der Waals surface area (Å²) >= 11 is 1.50. The number of amides is 1. The van der Waals surface area contributed by atoms with Crippen LogP contribution < -0.4 is 4.74 Å². The first-order valence-corrected chi connectivity index (χ1v) is 11.8. The fourth-order valence-electron chi connectivity index (χ4n) is 4.13. The second-order valence-corrected chi connectivity index (χ2v) is 8.84. The highest BCUT2D eigenvalue weighted by Crippen LogP contribution is 2.27. The van der Waals surface area contributed by atoms with Crippen molar-refractivity contribution in [3.05, 3.63) is 77.4 Å². The predicted octanol–water partition coefficient (Wildman–Crippen LogP) is 4.07. The van der Waals surface area contributed by atoms with Crippen LogP contribution in [0.15, 0.2) is 66.2 Å². The van der Waals surface area contributed by atoms with Gasteiger partial charge in [-0.3, -0.25) is 14.1 Å². The molecule has 1 amide bonds. The van der Waals surface area contributed by atoms with Crippen molar-refractivity contribution >= 4 is 22.2 Å². The Labute approximate surface area is 191 Å². The normalized spacial score (nSPS) is 14.7. The number of carbonyl (C=O) groups is 1. The van der Waals surface area contributed by atoms with Crippen molar-refractivity contribution in [2.24, 2.45) is 0 Å². The SMILES string of the molecule is COc1cccc(-c2cn3c(C(=O)N4CCN(CCc5ccccc5)CC4)csc3n2)c1. The molecule has 4 aromatic rings. The lowest BCUT2D eigenvalue weighted by Gasteiger charge is -2.34. The lowest BCUT2D eigenvalue weighted by Crippen LogP contribution is -2.49. The highest BCUT2D eigenvalue weighted by molar-refractivity contribution is 7.15. The summed E-state index contributed by atoms with van der Waals surface area (Å²) in [5, 5.41) is 1.92. The van der Waals surface area contributed by atoms with Crippen molar-refractivity contribution in [1.82, 2.24) is 19.2 Å². The monoisotopic (exact) mass is 446 g/mol. The van der Waals surface area contributed by atoms with Gasteiger partial charge in [0.25, 0.3) is 5.91 Å². The van der Waals surface area contributed by atoms with Crippen LogP contribution in [0.2, 0.25) is 0 Å². The van der Waals surface area contributed by atoms with Crippen LogP contribution in [0.5, 0.6) is 5.75 Å². The summed E-state index contributed by atoms with van der Waals surface area (Å²) in [4.78, 5) is 23.2. The van der Waals surface area contributed by atoms with Gasteiger partial charge in [0.1, 0.15) is 11.4 Å². The van der Waals surface area contributed by atoms with Crippen LogP contribution in [0.4, 0.5) is 0 Å². The van der Waals surface area contributed by atoms with Crippen molar-refractivity contribution < 1.29 is 9.53 Å². The third-order valence-electron chi connectivity index (χ3n) is 6.01. The van der Waals surface area contributed by atoms with Crippen LogP contribution in [-0.2, 0) is 6.42 Å². The van der Waals surface area contributed by atoms with Crippen molar-refractivity contribution in [1.29, 1.82) is 0 Å². The van der Waals surface area contributed by atoms with Crippen LogP contribution in [0.1, 0.15) is 16.1 Å². The van der Waals surface area contributed by atoms with E-state index >= 15 is 0 Å². The van der Waals surface area contributed by atoms with E-state index in [1.165, 1.54) is 16.9 Å². The fourth-order valence-corrected chi connectivity index (χ4v) is 4.97. The summed E-state index contributed by atoms with van der Waals surface area (Å²) in [6, 6.07) is 18.4. The molecule has 1 aliphatic rings. The van der Waals surface area contributed by atoms with E-state index in [1.807, 2.05) is 45.1 Å². The third kappa shape index (κ3) is 4.26. The van der Waals surface area contributed by atoms with Gasteiger partial charge in [-0.05, 0) is 24.1 Å². The number of fused-ring (bicyclic) bond motifs is 1. The standard InChI is InChI=1S/C25H26N4O2S/c1-31-21-9-5-8-20(16-21)22-17-29-23(18-32-25(29)26-22)24(30)28-14-12-27(13-15-28)11-10-19-6-3-2-4-7-19/h2-9,16-18H,10-15H2,1H3. The maximum absolute atomic E-state index is 13.3. The molecule has 0 atom stereocenters. The van der Waals surface area contributed by atoms with E-state index in [4.69, 9.17) is 9.72 Å². The Kier molecular flexibility index (Phi) is 5.92. The number of hydrogen-bond donors (Lipinski definition) is 0. The molecule has 0 spiro atoms. The van der Waals surface area contributed by atoms with E-state index < -0.39 is 0 Å². The van der Waals surface area contributed by atoms with E-state index in [0.29, 0.717) is 5.69 Å². The molecule has 6 nitrogen and oxygen atoms in total. The van der Waals surface area contributed by atoms with E-state index in [0.717, 1.165) is 61.1 Å². The first-order chi connectivity index (χ1) is 15.7. The molecule has 2 aromatic carbocycles. The summed E-state index contributed by atoms with van der Waals surface area (Å²) in [5.41, 5.74) is 3.87. The summed E-state index contributed by atoms with van der Waals surface area (Å²) in [6.07, 6.45) is 2.99. The zero-order valence-electron chi connectivity index (χ0n) is 18.1. The smallest absolute Gasteiger partial charge is 0.271 e. The molecule has 2 aromatic heterocycles. The van der Waals surface area contributed by atoms with Crippen molar-refractivity contribution in [2.45, 2.75) is 6.42 Å². The molecular formula is C25H26N4O2S. The van der Waals surface area contributed by atoms with Gasteiger partial charge in [-0.2, -0.15) is 0 Å². The summed E-state index contributed by atoms with van der Waals surface area (Å²) in [6.45, 7) is 4.35. The largest absolute Gasteiger partial charge is 0.497 e. The van der Waals surface area contributed by atoms with Gasteiger partial charge in [-0.25, -0.2) is 4.98 Å². The van der Waals surface area contributed by atoms with Crippen LogP contribution in [0.25, 0.3) is 16.2 Å². The fraction of sp³-hybridized carbons (Fsp3) is 0.280. The number of piperazine rings is 1. The van der Waals surface area contributed by atoms with Gasteiger partial charge in [0.05, 0.1) is 12.8 Å². The first kappa shape index (κ1) is 20.7. The number of ether oxygens (including phenoxy) is 1. The molecule has 32 heavy (non-hydrogen) atoms. The molecule has 7 heteroatoms. The molecule has 0 N–H and O–H groups in total. The molecule has 5 rings (SSSR count). The minimum absolute atomic E-state index is 0.0774. The number of carbonyl (C=O) groups excluding carboxylic acids is 1. The van der Waals surface area contributed by atoms with Gasteiger partial charge >= 0.3 is 0 Å². The van der Waals surface area contributed by atoms with Crippen LogP contribution in [0, 0.1) is 0 Å². The Morgan fingerprint density at radius 1 is 1.06 bits per heavy atom. The average Bonchev–Trinajstić information content (AvgIpc) is 3.45. The average molecular weight is 447 g/mol. The molecule has 0 aliphatic carbocycles. The van der Waals surface area contributed by atoms with Crippen LogP contribution >= 0.6 is 11.3 Å².